The van der Waals surface area contributed by atoms with Gasteiger partial charge in [-0.1, -0.05) is 24.3 Å². The van der Waals surface area contributed by atoms with Crippen molar-refractivity contribution in [2.24, 2.45) is 0 Å². The molecular formula is C22H21F2N5O2. The van der Waals surface area contributed by atoms with Gasteiger partial charge < -0.3 is 15.5 Å². The van der Waals surface area contributed by atoms with Crippen molar-refractivity contribution in [1.82, 2.24) is 15.2 Å². The summed E-state index contributed by atoms with van der Waals surface area (Å²) in [4.78, 5) is 30.0. The maximum Gasteiger partial charge on any atom is 0.268 e. The minimum absolute atomic E-state index is 0.0387. The Labute approximate surface area is 178 Å². The number of rotatable bonds is 5. The number of carbonyl (C=O) groups excluding carboxylic acids is 2. The minimum atomic E-state index is -3.10. The number of hydrogen-bond acceptors (Lipinski definition) is 5. The summed E-state index contributed by atoms with van der Waals surface area (Å²) in [5.41, 5.74) is 3.26. The summed E-state index contributed by atoms with van der Waals surface area (Å²) in [5, 5.41) is 14.9. The third-order valence-electron chi connectivity index (χ3n) is 5.67. The van der Waals surface area contributed by atoms with E-state index in [1.807, 2.05) is 18.2 Å². The third-order valence-corrected chi connectivity index (χ3v) is 5.67. The first-order valence-electron chi connectivity index (χ1n) is 10.0. The first-order chi connectivity index (χ1) is 14.9. The Morgan fingerprint density at radius 2 is 2.10 bits per heavy atom. The number of fused-ring (bicyclic) bond motifs is 1. The lowest BCUT2D eigenvalue weighted by Gasteiger charge is -2.20. The van der Waals surface area contributed by atoms with E-state index in [2.05, 4.69) is 21.7 Å². The van der Waals surface area contributed by atoms with Crippen LogP contribution in [-0.2, 0) is 11.2 Å². The zero-order valence-electron chi connectivity index (χ0n) is 16.6. The Balaban J connectivity index is 1.42. The summed E-state index contributed by atoms with van der Waals surface area (Å²) in [6.07, 6.45) is 4.14. The van der Waals surface area contributed by atoms with Crippen molar-refractivity contribution in [3.63, 3.8) is 0 Å². The first-order valence-corrected chi connectivity index (χ1v) is 10.0. The number of nitrogens with zero attached hydrogens (tertiary/aromatic N) is 3. The maximum absolute atomic E-state index is 13.6. The highest BCUT2D eigenvalue weighted by Crippen LogP contribution is 2.34. The molecule has 2 unspecified atom stereocenters. The predicted molar refractivity (Wildman–Crippen MR) is 108 cm³/mol. The zero-order valence-corrected chi connectivity index (χ0v) is 16.6. The lowest BCUT2D eigenvalue weighted by molar-refractivity contribution is -0.131. The van der Waals surface area contributed by atoms with E-state index in [9.17, 15) is 18.4 Å². The SMILES string of the molecule is N#CC1CC(F)(F)CN1C(=O)CNC(=O)c1ccncc1NC1CCc2ccccc21. The van der Waals surface area contributed by atoms with Gasteiger partial charge in [0.25, 0.3) is 11.8 Å². The molecule has 9 heteroatoms. The number of hydrogen-bond donors (Lipinski definition) is 2. The van der Waals surface area contributed by atoms with Gasteiger partial charge in [0.2, 0.25) is 5.91 Å². The van der Waals surface area contributed by atoms with E-state index in [0.29, 0.717) is 11.3 Å². The van der Waals surface area contributed by atoms with Gasteiger partial charge in [-0.05, 0) is 30.0 Å². The lowest BCUT2D eigenvalue weighted by Crippen LogP contribution is -2.43. The molecule has 1 aromatic heterocycles. The molecule has 1 saturated heterocycles. The van der Waals surface area contributed by atoms with E-state index in [1.54, 1.807) is 12.3 Å². The van der Waals surface area contributed by atoms with Crippen molar-refractivity contribution in [1.29, 1.82) is 5.26 Å². The number of amides is 2. The van der Waals surface area contributed by atoms with E-state index in [1.165, 1.54) is 23.4 Å². The number of pyridine rings is 1. The van der Waals surface area contributed by atoms with Crippen molar-refractivity contribution >= 4 is 17.5 Å². The standard InChI is InChI=1S/C22H21F2N5O2/c23-22(24)9-15(10-25)29(13-22)20(30)12-27-21(31)17-7-8-26-11-19(17)28-18-6-5-14-3-1-2-4-16(14)18/h1-4,7-8,11,15,18,28H,5-6,9,12-13H2,(H,27,31). The average molecular weight is 425 g/mol. The summed E-state index contributed by atoms with van der Waals surface area (Å²) in [6, 6.07) is 10.2. The number of nitriles is 1. The second-order valence-electron chi connectivity index (χ2n) is 7.76. The van der Waals surface area contributed by atoms with Crippen molar-refractivity contribution in [3.05, 3.63) is 59.4 Å². The third kappa shape index (κ3) is 4.33. The molecule has 1 aliphatic heterocycles. The average Bonchev–Trinajstić information content (AvgIpc) is 3.32. The molecule has 31 heavy (non-hydrogen) atoms. The summed E-state index contributed by atoms with van der Waals surface area (Å²) >= 11 is 0. The van der Waals surface area contributed by atoms with Crippen LogP contribution in [0.1, 0.15) is 40.4 Å². The summed E-state index contributed by atoms with van der Waals surface area (Å²) < 4.78 is 27.1. The zero-order chi connectivity index (χ0) is 22.0. The van der Waals surface area contributed by atoms with Gasteiger partial charge >= 0.3 is 0 Å². The Kier molecular flexibility index (Phi) is 5.55. The van der Waals surface area contributed by atoms with Crippen molar-refractivity contribution in [2.75, 3.05) is 18.4 Å². The highest BCUT2D eigenvalue weighted by molar-refractivity contribution is 6.01. The van der Waals surface area contributed by atoms with Gasteiger partial charge in [0.15, 0.2) is 0 Å². The van der Waals surface area contributed by atoms with Crippen LogP contribution in [0.15, 0.2) is 42.7 Å². The maximum atomic E-state index is 13.6. The number of aryl methyl sites for hydroxylation is 1. The fourth-order valence-electron chi connectivity index (χ4n) is 4.15. The van der Waals surface area contributed by atoms with E-state index in [0.717, 1.165) is 17.7 Å². The quantitative estimate of drug-likeness (QED) is 0.768. The minimum Gasteiger partial charge on any atom is -0.376 e. The second-order valence-corrected chi connectivity index (χ2v) is 7.76. The molecule has 2 aromatic rings. The molecule has 2 amide bonds. The molecule has 2 aliphatic rings. The first kappa shape index (κ1) is 20.7. The summed E-state index contributed by atoms with van der Waals surface area (Å²) in [6.45, 7) is -1.29. The van der Waals surface area contributed by atoms with Gasteiger partial charge in [0.1, 0.15) is 6.04 Å². The topological polar surface area (TPSA) is 98.1 Å². The molecular weight excluding hydrogens is 404 g/mol. The summed E-state index contributed by atoms with van der Waals surface area (Å²) in [7, 11) is 0. The molecule has 1 aromatic carbocycles. The van der Waals surface area contributed by atoms with E-state index in [4.69, 9.17) is 5.26 Å². The van der Waals surface area contributed by atoms with Crippen LogP contribution in [0.3, 0.4) is 0 Å². The number of anilines is 1. The van der Waals surface area contributed by atoms with Gasteiger partial charge in [0, 0.05) is 12.6 Å². The van der Waals surface area contributed by atoms with Crippen LogP contribution in [0.2, 0.25) is 0 Å². The van der Waals surface area contributed by atoms with Gasteiger partial charge in [-0.2, -0.15) is 5.26 Å². The van der Waals surface area contributed by atoms with Gasteiger partial charge in [-0.25, -0.2) is 8.78 Å². The number of aromatic nitrogens is 1. The molecule has 0 radical (unpaired) electrons. The second kappa shape index (κ2) is 8.30. The monoisotopic (exact) mass is 425 g/mol. The molecule has 4 rings (SSSR count). The molecule has 0 spiro atoms. The van der Waals surface area contributed by atoms with E-state index >= 15 is 0 Å². The van der Waals surface area contributed by atoms with Gasteiger partial charge in [-0.3, -0.25) is 14.6 Å². The molecule has 1 aliphatic carbocycles. The van der Waals surface area contributed by atoms with E-state index < -0.39 is 43.3 Å². The molecule has 2 atom stereocenters. The van der Waals surface area contributed by atoms with Crippen LogP contribution in [0.4, 0.5) is 14.5 Å². The molecule has 7 nitrogen and oxygen atoms in total. The van der Waals surface area contributed by atoms with Crippen LogP contribution in [0.5, 0.6) is 0 Å². The van der Waals surface area contributed by atoms with Crippen molar-refractivity contribution in [3.8, 4) is 6.07 Å². The molecule has 2 heterocycles. The highest BCUT2D eigenvalue weighted by atomic mass is 19.3. The number of alkyl halides is 2. The van der Waals surface area contributed by atoms with Crippen molar-refractivity contribution < 1.29 is 18.4 Å². The van der Waals surface area contributed by atoms with Crippen LogP contribution >= 0.6 is 0 Å². The normalized spacial score (nSPS) is 21.3. The molecule has 1 fully saturated rings. The Bertz CT molecular complexity index is 1050. The summed E-state index contributed by atoms with van der Waals surface area (Å²) in [5.74, 6) is -4.34. The van der Waals surface area contributed by atoms with Crippen molar-refractivity contribution in [2.45, 2.75) is 37.3 Å². The largest absolute Gasteiger partial charge is 0.376 e. The van der Waals surface area contributed by atoms with Gasteiger partial charge in [0.05, 0.1) is 42.6 Å². The van der Waals surface area contributed by atoms with E-state index in [-0.39, 0.29) is 6.04 Å². The number of carbonyl (C=O) groups is 2. The van der Waals surface area contributed by atoms with Crippen LogP contribution in [0, 0.1) is 11.3 Å². The Morgan fingerprint density at radius 1 is 1.29 bits per heavy atom. The number of halogens is 2. The van der Waals surface area contributed by atoms with Gasteiger partial charge in [-0.15, -0.1) is 0 Å². The molecule has 2 N–H and O–H groups in total. The highest BCUT2D eigenvalue weighted by Gasteiger charge is 2.47. The van der Waals surface area contributed by atoms with Crippen LogP contribution in [-0.4, -0.2) is 46.8 Å². The fourth-order valence-corrected chi connectivity index (χ4v) is 4.15. The molecule has 0 bridgehead atoms. The number of benzene rings is 1. The number of nitrogens with one attached hydrogen (secondary N) is 2. The smallest absolute Gasteiger partial charge is 0.268 e. The van der Waals surface area contributed by atoms with Crippen LogP contribution < -0.4 is 10.6 Å². The predicted octanol–water partition coefficient (Wildman–Crippen LogP) is 2.67. The fraction of sp³-hybridized carbons (Fsp3) is 0.364. The lowest BCUT2D eigenvalue weighted by atomic mass is 10.1. The Morgan fingerprint density at radius 3 is 2.90 bits per heavy atom. The molecule has 0 saturated carbocycles. The Hall–Kier alpha value is -3.54. The number of likely N-dealkylation sites (tertiary alicyclic amines) is 1. The van der Waals surface area contributed by atoms with Crippen LogP contribution in [0.25, 0.3) is 0 Å². The molecule has 160 valence electrons.